The van der Waals surface area contributed by atoms with Gasteiger partial charge in [-0.25, -0.2) is 0 Å². The van der Waals surface area contributed by atoms with E-state index in [1.165, 1.54) is 72.8 Å². The van der Waals surface area contributed by atoms with Gasteiger partial charge < -0.3 is 9.80 Å². The van der Waals surface area contributed by atoms with Gasteiger partial charge in [0.2, 0.25) is 0 Å². The van der Waals surface area contributed by atoms with Gasteiger partial charge in [-0.3, -0.25) is 0 Å². The Bertz CT molecular complexity index is 1840. The van der Waals surface area contributed by atoms with Crippen LogP contribution in [-0.4, -0.2) is 6.71 Å². The van der Waals surface area contributed by atoms with Gasteiger partial charge in [0, 0.05) is 34.1 Å². The molecule has 0 bridgehead atoms. The molecule has 2 aliphatic heterocycles. The average molecular weight is 575 g/mol. The van der Waals surface area contributed by atoms with Crippen LogP contribution >= 0.6 is 0 Å². The third-order valence-corrected chi connectivity index (χ3v) is 9.75. The zero-order valence-electron chi connectivity index (χ0n) is 27.2. The highest BCUT2D eigenvalue weighted by Crippen LogP contribution is 2.45. The molecule has 0 N–H and O–H groups in total. The first-order valence-electron chi connectivity index (χ1n) is 16.5. The molecule has 220 valence electrons. The number of hydrogen-bond acceptors (Lipinski definition) is 2. The molecule has 7 rings (SSSR count). The normalized spacial score (nSPS) is 13.5. The van der Waals surface area contributed by atoms with Crippen molar-refractivity contribution < 1.29 is 0 Å². The second-order valence-corrected chi connectivity index (χ2v) is 13.5. The number of nitrogens with zero attached hydrogens (tertiary/aromatic N) is 2. The minimum absolute atomic E-state index is 0.152. The van der Waals surface area contributed by atoms with Crippen molar-refractivity contribution in [1.82, 2.24) is 0 Å². The molecule has 0 unspecified atom stereocenters. The van der Waals surface area contributed by atoms with Gasteiger partial charge in [-0.1, -0.05) is 103 Å². The standard InChI is InChI=1S/C41H43BN2/c1-8-29-22-39-41-40(23-29)44(34-18-14-30(15-19-34)26(2)3)38-21-17-32(28(6)7)25-36(38)42(41)35-24-31(27(4)5)16-20-37(35)43(39)33-12-10-9-11-13-33/h9-28H,8H2,1-7H3. The van der Waals surface area contributed by atoms with Crippen molar-refractivity contribution in [2.45, 2.75) is 72.6 Å². The molecule has 2 aliphatic rings. The highest BCUT2D eigenvalue weighted by atomic mass is 15.2. The topological polar surface area (TPSA) is 6.48 Å². The maximum Gasteiger partial charge on any atom is 0.252 e. The zero-order valence-corrected chi connectivity index (χ0v) is 27.2. The third kappa shape index (κ3) is 4.56. The smallest absolute Gasteiger partial charge is 0.252 e. The SMILES string of the molecule is CCc1cc2c3c(c1)N(c1ccc(C(C)C)cc1)c1ccc(C(C)C)cc1B3c1cc(C(C)C)ccc1N2c1ccccc1. The van der Waals surface area contributed by atoms with Crippen LogP contribution in [0.5, 0.6) is 0 Å². The number of hydrogen-bond donors (Lipinski definition) is 0. The van der Waals surface area contributed by atoms with Crippen LogP contribution in [0.1, 0.15) is 88.5 Å². The Morgan fingerprint density at radius 2 is 0.955 bits per heavy atom. The Morgan fingerprint density at radius 1 is 0.500 bits per heavy atom. The molecule has 3 heteroatoms. The van der Waals surface area contributed by atoms with E-state index in [0.29, 0.717) is 17.8 Å². The molecule has 0 aliphatic carbocycles. The number of para-hydroxylation sites is 1. The number of rotatable bonds is 6. The van der Waals surface area contributed by atoms with Gasteiger partial charge in [-0.05, 0) is 111 Å². The van der Waals surface area contributed by atoms with Crippen molar-refractivity contribution >= 4 is 57.2 Å². The van der Waals surface area contributed by atoms with Crippen molar-refractivity contribution in [2.75, 3.05) is 9.80 Å². The van der Waals surface area contributed by atoms with Gasteiger partial charge in [0.1, 0.15) is 0 Å². The fourth-order valence-corrected chi connectivity index (χ4v) is 7.16. The van der Waals surface area contributed by atoms with E-state index in [-0.39, 0.29) is 6.71 Å². The fourth-order valence-electron chi connectivity index (χ4n) is 7.16. The lowest BCUT2D eigenvalue weighted by atomic mass is 9.33. The summed E-state index contributed by atoms with van der Waals surface area (Å²) in [4.78, 5) is 5.06. The van der Waals surface area contributed by atoms with E-state index < -0.39 is 0 Å². The lowest BCUT2D eigenvalue weighted by molar-refractivity contribution is 0.866. The zero-order chi connectivity index (χ0) is 30.7. The summed E-state index contributed by atoms with van der Waals surface area (Å²) in [6.45, 7) is 16.2. The van der Waals surface area contributed by atoms with Crippen LogP contribution < -0.4 is 26.2 Å². The molecule has 0 saturated carbocycles. The average Bonchev–Trinajstić information content (AvgIpc) is 3.04. The van der Waals surface area contributed by atoms with Gasteiger partial charge in [0.15, 0.2) is 0 Å². The largest absolute Gasteiger partial charge is 0.311 e. The maximum atomic E-state index is 2.54. The van der Waals surface area contributed by atoms with E-state index >= 15 is 0 Å². The molecule has 0 fully saturated rings. The monoisotopic (exact) mass is 574 g/mol. The van der Waals surface area contributed by atoms with Crippen LogP contribution in [0.2, 0.25) is 0 Å². The second-order valence-electron chi connectivity index (χ2n) is 13.5. The van der Waals surface area contributed by atoms with Gasteiger partial charge in [0.25, 0.3) is 6.71 Å². The van der Waals surface area contributed by atoms with Gasteiger partial charge >= 0.3 is 0 Å². The number of benzene rings is 5. The lowest BCUT2D eigenvalue weighted by Crippen LogP contribution is -2.61. The number of fused-ring (bicyclic) bond motifs is 4. The summed E-state index contributed by atoms with van der Waals surface area (Å²) in [5.41, 5.74) is 17.3. The van der Waals surface area contributed by atoms with Crippen molar-refractivity contribution in [2.24, 2.45) is 0 Å². The first kappa shape index (κ1) is 28.5. The molecule has 0 saturated heterocycles. The van der Waals surface area contributed by atoms with Crippen molar-refractivity contribution in [3.63, 3.8) is 0 Å². The lowest BCUT2D eigenvalue weighted by Gasteiger charge is -2.45. The molecule has 0 radical (unpaired) electrons. The van der Waals surface area contributed by atoms with Gasteiger partial charge in [-0.15, -0.1) is 0 Å². The summed E-state index contributed by atoms with van der Waals surface area (Å²) in [7, 11) is 0. The second kappa shape index (κ2) is 11.0. The van der Waals surface area contributed by atoms with E-state index in [4.69, 9.17) is 0 Å². The van der Waals surface area contributed by atoms with Crippen LogP contribution in [0, 0.1) is 0 Å². The minimum Gasteiger partial charge on any atom is -0.311 e. The molecule has 44 heavy (non-hydrogen) atoms. The summed E-state index contributed by atoms with van der Waals surface area (Å²) in [5, 5.41) is 0. The Kier molecular flexibility index (Phi) is 7.16. The highest BCUT2D eigenvalue weighted by molar-refractivity contribution is 7.00. The van der Waals surface area contributed by atoms with Gasteiger partial charge in [0.05, 0.1) is 0 Å². The molecule has 0 amide bonds. The van der Waals surface area contributed by atoms with Gasteiger partial charge in [-0.2, -0.15) is 0 Å². The summed E-state index contributed by atoms with van der Waals surface area (Å²) in [5.74, 6) is 1.40. The summed E-state index contributed by atoms with van der Waals surface area (Å²) >= 11 is 0. The molecule has 5 aromatic carbocycles. The van der Waals surface area contributed by atoms with Crippen molar-refractivity contribution in [1.29, 1.82) is 0 Å². The summed E-state index contributed by atoms with van der Waals surface area (Å²) < 4.78 is 0. The Labute approximate surface area is 264 Å². The quantitative estimate of drug-likeness (QED) is 0.183. The van der Waals surface area contributed by atoms with E-state index in [9.17, 15) is 0 Å². The molecule has 0 atom stereocenters. The minimum atomic E-state index is 0.152. The van der Waals surface area contributed by atoms with Crippen LogP contribution in [0.3, 0.4) is 0 Å². The number of anilines is 6. The van der Waals surface area contributed by atoms with Crippen LogP contribution in [0.4, 0.5) is 34.1 Å². The first-order valence-corrected chi connectivity index (χ1v) is 16.5. The Morgan fingerprint density at radius 3 is 1.41 bits per heavy atom. The molecule has 2 heterocycles. The molecule has 5 aromatic rings. The highest BCUT2D eigenvalue weighted by Gasteiger charge is 2.43. The van der Waals surface area contributed by atoms with E-state index in [0.717, 1.165) is 6.42 Å². The molecule has 2 nitrogen and oxygen atoms in total. The van der Waals surface area contributed by atoms with Crippen LogP contribution in [0.25, 0.3) is 0 Å². The number of aryl methyl sites for hydroxylation is 1. The Balaban J connectivity index is 1.59. The van der Waals surface area contributed by atoms with Crippen molar-refractivity contribution in [3.8, 4) is 0 Å². The summed E-state index contributed by atoms with van der Waals surface area (Å²) in [6, 6.07) is 39.6. The van der Waals surface area contributed by atoms with Crippen LogP contribution in [0.15, 0.2) is 103 Å². The molecule has 0 aromatic heterocycles. The van der Waals surface area contributed by atoms with E-state index in [2.05, 4.69) is 161 Å². The maximum absolute atomic E-state index is 2.54. The van der Waals surface area contributed by atoms with Crippen molar-refractivity contribution in [3.05, 3.63) is 125 Å². The van der Waals surface area contributed by atoms with E-state index in [1.807, 2.05) is 0 Å². The third-order valence-electron chi connectivity index (χ3n) is 9.75. The predicted octanol–water partition coefficient (Wildman–Crippen LogP) is 9.70. The first-order chi connectivity index (χ1) is 21.3. The molecular weight excluding hydrogens is 531 g/mol. The van der Waals surface area contributed by atoms with Crippen LogP contribution in [-0.2, 0) is 6.42 Å². The Hall–Kier alpha value is -4.24. The predicted molar refractivity (Wildman–Crippen MR) is 192 cm³/mol. The molecular formula is C41H43BN2. The van der Waals surface area contributed by atoms with E-state index in [1.54, 1.807) is 0 Å². The fraction of sp³-hybridized carbons (Fsp3) is 0.268. The molecule has 0 spiro atoms. The summed E-state index contributed by atoms with van der Waals surface area (Å²) in [6.07, 6.45) is 0.978.